The number of hydrogen-bond donors (Lipinski definition) is 0. The fraction of sp³-hybridized carbons (Fsp3) is 0.917. The molecular formula is C12H25N3O. The van der Waals surface area contributed by atoms with Crippen LogP contribution in [0.5, 0.6) is 0 Å². The first-order valence-corrected chi connectivity index (χ1v) is 6.10. The normalized spacial score (nSPS) is 23.6. The second-order valence-corrected chi connectivity index (χ2v) is 5.28. The summed E-state index contributed by atoms with van der Waals surface area (Å²) in [5.74, 6) is 0.271. The van der Waals surface area contributed by atoms with Crippen molar-refractivity contribution < 1.29 is 4.79 Å². The zero-order valence-electron chi connectivity index (χ0n) is 11.2. The molecule has 0 N–H and O–H groups in total. The van der Waals surface area contributed by atoms with E-state index in [2.05, 4.69) is 44.7 Å². The fourth-order valence-corrected chi connectivity index (χ4v) is 2.35. The zero-order chi connectivity index (χ0) is 12.3. The predicted molar refractivity (Wildman–Crippen MR) is 66.4 cm³/mol. The summed E-state index contributed by atoms with van der Waals surface area (Å²) >= 11 is 0. The van der Waals surface area contributed by atoms with E-state index in [1.807, 2.05) is 4.90 Å². The first kappa shape index (κ1) is 13.5. The van der Waals surface area contributed by atoms with E-state index in [0.717, 1.165) is 19.6 Å². The highest BCUT2D eigenvalue weighted by molar-refractivity contribution is 5.79. The summed E-state index contributed by atoms with van der Waals surface area (Å²) in [6.07, 6.45) is 0. The third-order valence-electron chi connectivity index (χ3n) is 3.06. The van der Waals surface area contributed by atoms with Crippen molar-refractivity contribution >= 4 is 5.91 Å². The van der Waals surface area contributed by atoms with Crippen molar-refractivity contribution in [3.8, 4) is 0 Å². The van der Waals surface area contributed by atoms with Gasteiger partial charge >= 0.3 is 0 Å². The SMILES string of the molecule is CC(C)N1C(=O)CN(CCN(C)C)CC1C. The monoisotopic (exact) mass is 227 g/mol. The predicted octanol–water partition coefficient (Wildman–Crippen LogP) is 0.489. The number of rotatable bonds is 4. The maximum atomic E-state index is 12.0. The molecule has 0 aromatic carbocycles. The topological polar surface area (TPSA) is 26.8 Å². The Morgan fingerprint density at radius 1 is 1.44 bits per heavy atom. The van der Waals surface area contributed by atoms with Crippen LogP contribution >= 0.6 is 0 Å². The Labute approximate surface area is 99.2 Å². The van der Waals surface area contributed by atoms with Crippen LogP contribution in [0.4, 0.5) is 0 Å². The molecule has 1 amide bonds. The van der Waals surface area contributed by atoms with Gasteiger partial charge in [0.2, 0.25) is 5.91 Å². The molecule has 0 bridgehead atoms. The van der Waals surface area contributed by atoms with Gasteiger partial charge in [0.05, 0.1) is 6.54 Å². The van der Waals surface area contributed by atoms with Crippen LogP contribution in [0.3, 0.4) is 0 Å². The minimum Gasteiger partial charge on any atom is -0.335 e. The number of likely N-dealkylation sites (N-methyl/N-ethyl adjacent to an activating group) is 1. The maximum absolute atomic E-state index is 12.0. The summed E-state index contributed by atoms with van der Waals surface area (Å²) in [5, 5.41) is 0. The molecule has 94 valence electrons. The van der Waals surface area contributed by atoms with Gasteiger partial charge in [-0.2, -0.15) is 0 Å². The Bertz CT molecular complexity index is 240. The molecule has 0 aliphatic carbocycles. The van der Waals surface area contributed by atoms with Crippen LogP contribution in [0.15, 0.2) is 0 Å². The number of carbonyl (C=O) groups is 1. The van der Waals surface area contributed by atoms with Gasteiger partial charge in [-0.1, -0.05) is 0 Å². The Morgan fingerprint density at radius 3 is 2.50 bits per heavy atom. The Morgan fingerprint density at radius 2 is 2.06 bits per heavy atom. The summed E-state index contributed by atoms with van der Waals surface area (Å²) < 4.78 is 0. The lowest BCUT2D eigenvalue weighted by Crippen LogP contribution is -2.58. The van der Waals surface area contributed by atoms with Crippen molar-refractivity contribution in [2.75, 3.05) is 40.3 Å². The van der Waals surface area contributed by atoms with Crippen molar-refractivity contribution in [2.24, 2.45) is 0 Å². The van der Waals surface area contributed by atoms with E-state index >= 15 is 0 Å². The standard InChI is InChI=1S/C12H25N3O/c1-10(2)15-11(3)8-14(9-12(15)16)7-6-13(4)5/h10-11H,6-9H2,1-5H3. The molecule has 1 aliphatic heterocycles. The summed E-state index contributed by atoms with van der Waals surface area (Å²) in [7, 11) is 4.13. The molecule has 1 rings (SSSR count). The van der Waals surface area contributed by atoms with Gasteiger partial charge in [0.15, 0.2) is 0 Å². The summed E-state index contributed by atoms with van der Waals surface area (Å²) in [5.41, 5.74) is 0. The molecular weight excluding hydrogens is 202 g/mol. The molecule has 16 heavy (non-hydrogen) atoms. The lowest BCUT2D eigenvalue weighted by atomic mass is 10.1. The molecule has 0 radical (unpaired) electrons. The van der Waals surface area contributed by atoms with Gasteiger partial charge in [0.1, 0.15) is 0 Å². The summed E-state index contributed by atoms with van der Waals surface area (Å²) in [6.45, 7) is 9.89. The van der Waals surface area contributed by atoms with E-state index in [1.54, 1.807) is 0 Å². The van der Waals surface area contributed by atoms with Crippen LogP contribution in [0.25, 0.3) is 0 Å². The quantitative estimate of drug-likeness (QED) is 0.699. The number of amides is 1. The molecule has 0 spiro atoms. The van der Waals surface area contributed by atoms with E-state index in [1.165, 1.54) is 0 Å². The van der Waals surface area contributed by atoms with Crippen LogP contribution < -0.4 is 0 Å². The number of piperazine rings is 1. The second-order valence-electron chi connectivity index (χ2n) is 5.28. The van der Waals surface area contributed by atoms with E-state index in [9.17, 15) is 4.79 Å². The smallest absolute Gasteiger partial charge is 0.237 e. The highest BCUT2D eigenvalue weighted by atomic mass is 16.2. The molecule has 1 saturated heterocycles. The molecule has 1 unspecified atom stereocenters. The first-order valence-electron chi connectivity index (χ1n) is 6.10. The van der Waals surface area contributed by atoms with Gasteiger partial charge < -0.3 is 9.80 Å². The Hall–Kier alpha value is -0.610. The van der Waals surface area contributed by atoms with Crippen LogP contribution in [0.2, 0.25) is 0 Å². The van der Waals surface area contributed by atoms with Crippen molar-refractivity contribution in [3.63, 3.8) is 0 Å². The number of nitrogens with zero attached hydrogens (tertiary/aromatic N) is 3. The third kappa shape index (κ3) is 3.46. The van der Waals surface area contributed by atoms with Crippen LogP contribution in [-0.2, 0) is 4.79 Å². The van der Waals surface area contributed by atoms with Gasteiger partial charge in [-0.05, 0) is 34.9 Å². The molecule has 1 aliphatic rings. The lowest BCUT2D eigenvalue weighted by molar-refractivity contribution is -0.141. The molecule has 0 aromatic heterocycles. The Balaban J connectivity index is 2.49. The minimum atomic E-state index is 0.271. The van der Waals surface area contributed by atoms with Crippen LogP contribution in [-0.4, -0.2) is 73.0 Å². The minimum absolute atomic E-state index is 0.271. The van der Waals surface area contributed by atoms with E-state index in [-0.39, 0.29) is 5.91 Å². The van der Waals surface area contributed by atoms with Crippen molar-refractivity contribution in [1.29, 1.82) is 0 Å². The van der Waals surface area contributed by atoms with Crippen molar-refractivity contribution in [1.82, 2.24) is 14.7 Å². The van der Waals surface area contributed by atoms with Crippen LogP contribution in [0.1, 0.15) is 20.8 Å². The van der Waals surface area contributed by atoms with Gasteiger partial charge in [-0.3, -0.25) is 9.69 Å². The largest absolute Gasteiger partial charge is 0.335 e. The summed E-state index contributed by atoms with van der Waals surface area (Å²) in [6, 6.07) is 0.655. The number of carbonyl (C=O) groups excluding carboxylic acids is 1. The van der Waals surface area contributed by atoms with E-state index in [4.69, 9.17) is 0 Å². The van der Waals surface area contributed by atoms with E-state index in [0.29, 0.717) is 18.6 Å². The first-order chi connectivity index (χ1) is 7.41. The molecule has 0 saturated carbocycles. The molecule has 4 heteroatoms. The molecule has 1 fully saturated rings. The maximum Gasteiger partial charge on any atom is 0.237 e. The third-order valence-corrected chi connectivity index (χ3v) is 3.06. The lowest BCUT2D eigenvalue weighted by Gasteiger charge is -2.42. The highest BCUT2D eigenvalue weighted by Gasteiger charge is 2.30. The number of hydrogen-bond acceptors (Lipinski definition) is 3. The highest BCUT2D eigenvalue weighted by Crippen LogP contribution is 2.13. The fourth-order valence-electron chi connectivity index (χ4n) is 2.35. The molecule has 0 aromatic rings. The van der Waals surface area contributed by atoms with Gasteiger partial charge in [0.25, 0.3) is 0 Å². The summed E-state index contributed by atoms with van der Waals surface area (Å²) in [4.78, 5) is 18.4. The zero-order valence-corrected chi connectivity index (χ0v) is 11.2. The second kappa shape index (κ2) is 5.64. The average Bonchev–Trinajstić information content (AvgIpc) is 2.12. The average molecular weight is 227 g/mol. The van der Waals surface area contributed by atoms with E-state index < -0.39 is 0 Å². The molecule has 1 atom stereocenters. The van der Waals surface area contributed by atoms with Gasteiger partial charge in [0, 0.05) is 31.7 Å². The molecule has 1 heterocycles. The van der Waals surface area contributed by atoms with Gasteiger partial charge in [-0.15, -0.1) is 0 Å². The van der Waals surface area contributed by atoms with Gasteiger partial charge in [-0.25, -0.2) is 0 Å². The Kier molecular flexibility index (Phi) is 4.74. The molecule has 4 nitrogen and oxygen atoms in total. The van der Waals surface area contributed by atoms with Crippen LogP contribution in [0, 0.1) is 0 Å². The van der Waals surface area contributed by atoms with Crippen molar-refractivity contribution in [2.45, 2.75) is 32.9 Å². The van der Waals surface area contributed by atoms with Crippen molar-refractivity contribution in [3.05, 3.63) is 0 Å².